The molecule has 1 saturated heterocycles. The summed E-state index contributed by atoms with van der Waals surface area (Å²) in [5.41, 5.74) is 2.04. The fourth-order valence-electron chi connectivity index (χ4n) is 3.40. The minimum Gasteiger partial charge on any atom is -0.387 e. The van der Waals surface area contributed by atoms with E-state index in [1.165, 1.54) is 11.7 Å². The Balaban J connectivity index is 1.82. The van der Waals surface area contributed by atoms with Gasteiger partial charge in [-0.05, 0) is 12.1 Å². The summed E-state index contributed by atoms with van der Waals surface area (Å²) in [7, 11) is 1.39. The molecule has 0 spiro atoms. The fourth-order valence-corrected chi connectivity index (χ4v) is 3.40. The Labute approximate surface area is 155 Å². The number of rotatable bonds is 4. The second-order valence-corrected chi connectivity index (χ2v) is 6.49. The van der Waals surface area contributed by atoms with Crippen LogP contribution in [0.2, 0.25) is 0 Å². The maximum atomic E-state index is 13.2. The van der Waals surface area contributed by atoms with E-state index >= 15 is 0 Å². The van der Waals surface area contributed by atoms with Crippen LogP contribution in [-0.2, 0) is 16.0 Å². The molecule has 1 aromatic heterocycles. The van der Waals surface area contributed by atoms with E-state index in [9.17, 15) is 15.0 Å². The number of methoxy groups -OCH3 is 1. The molecule has 2 heterocycles. The summed E-state index contributed by atoms with van der Waals surface area (Å²) >= 11 is 0. The molecule has 7 heteroatoms. The van der Waals surface area contributed by atoms with Gasteiger partial charge in [0.2, 0.25) is 0 Å². The first-order valence-corrected chi connectivity index (χ1v) is 8.69. The van der Waals surface area contributed by atoms with E-state index in [0.717, 1.165) is 0 Å². The van der Waals surface area contributed by atoms with Crippen molar-refractivity contribution < 1.29 is 19.7 Å². The molecule has 0 saturated carbocycles. The summed E-state index contributed by atoms with van der Waals surface area (Å²) in [6.45, 7) is 0.0692. The molecule has 27 heavy (non-hydrogen) atoms. The number of hydrogen-bond acceptors (Lipinski definition) is 6. The van der Waals surface area contributed by atoms with Gasteiger partial charge in [-0.2, -0.15) is 0 Å². The Morgan fingerprint density at radius 2 is 1.78 bits per heavy atom. The minimum absolute atomic E-state index is 0.0692. The predicted molar refractivity (Wildman–Crippen MR) is 99.1 cm³/mol. The SMILES string of the molecule is CO[C@@H]1O[C@H](Cn2c(=O)c(-c3ccccc3)nc3ccccc32)[C@@H](O)[C@H]1O. The van der Waals surface area contributed by atoms with Crippen molar-refractivity contribution in [3.8, 4) is 11.3 Å². The maximum absolute atomic E-state index is 13.2. The number of hydrogen-bond donors (Lipinski definition) is 2. The molecule has 0 radical (unpaired) electrons. The van der Waals surface area contributed by atoms with E-state index in [1.54, 1.807) is 6.07 Å². The number of benzene rings is 2. The Morgan fingerprint density at radius 1 is 1.07 bits per heavy atom. The molecule has 2 N–H and O–H groups in total. The van der Waals surface area contributed by atoms with Crippen molar-refractivity contribution in [3.63, 3.8) is 0 Å². The van der Waals surface area contributed by atoms with Crippen molar-refractivity contribution in [1.82, 2.24) is 9.55 Å². The second-order valence-electron chi connectivity index (χ2n) is 6.49. The van der Waals surface area contributed by atoms with Crippen LogP contribution >= 0.6 is 0 Å². The van der Waals surface area contributed by atoms with Gasteiger partial charge in [0.25, 0.3) is 5.56 Å². The molecule has 1 aliphatic rings. The lowest BCUT2D eigenvalue weighted by Gasteiger charge is -2.18. The molecule has 4 atom stereocenters. The number of aliphatic hydroxyl groups is 2. The van der Waals surface area contributed by atoms with Crippen LogP contribution in [0.4, 0.5) is 0 Å². The zero-order valence-electron chi connectivity index (χ0n) is 14.7. The summed E-state index contributed by atoms with van der Waals surface area (Å²) in [5, 5.41) is 20.3. The first-order valence-electron chi connectivity index (χ1n) is 8.69. The summed E-state index contributed by atoms with van der Waals surface area (Å²) in [6, 6.07) is 16.5. The highest BCUT2D eigenvalue weighted by atomic mass is 16.7. The Morgan fingerprint density at radius 3 is 2.48 bits per heavy atom. The molecular formula is C20H20N2O5. The van der Waals surface area contributed by atoms with Crippen molar-refractivity contribution in [1.29, 1.82) is 0 Å². The number of para-hydroxylation sites is 2. The third-order valence-electron chi connectivity index (χ3n) is 4.81. The topological polar surface area (TPSA) is 93.8 Å². The zero-order valence-corrected chi connectivity index (χ0v) is 14.7. The van der Waals surface area contributed by atoms with E-state index in [-0.39, 0.29) is 12.1 Å². The lowest BCUT2D eigenvalue weighted by molar-refractivity contribution is -0.150. The molecule has 4 rings (SSSR count). The van der Waals surface area contributed by atoms with Gasteiger partial charge in [0.1, 0.15) is 24.0 Å². The average molecular weight is 368 g/mol. The minimum atomic E-state index is -1.17. The smallest absolute Gasteiger partial charge is 0.277 e. The van der Waals surface area contributed by atoms with E-state index in [1.807, 2.05) is 48.5 Å². The van der Waals surface area contributed by atoms with E-state index in [0.29, 0.717) is 22.3 Å². The van der Waals surface area contributed by atoms with Crippen LogP contribution in [0.1, 0.15) is 0 Å². The standard InChI is InChI=1S/C20H20N2O5/c1-26-20-18(24)17(23)15(27-20)11-22-14-10-6-5-9-13(14)21-16(19(22)25)12-7-3-2-4-8-12/h2-10,15,17-18,20,23-24H,11H2,1H3/t15-,17-,18-,20-/m1/s1. The molecule has 1 fully saturated rings. The Bertz CT molecular complexity index is 1000. The third-order valence-corrected chi connectivity index (χ3v) is 4.81. The van der Waals surface area contributed by atoms with Crippen molar-refractivity contribution in [2.45, 2.75) is 31.1 Å². The third kappa shape index (κ3) is 3.15. The van der Waals surface area contributed by atoms with Crippen LogP contribution in [0.5, 0.6) is 0 Å². The molecule has 2 aromatic carbocycles. The molecule has 0 unspecified atom stereocenters. The van der Waals surface area contributed by atoms with Crippen LogP contribution in [0.3, 0.4) is 0 Å². The van der Waals surface area contributed by atoms with E-state index < -0.39 is 24.6 Å². The molecule has 3 aromatic rings. The van der Waals surface area contributed by atoms with Crippen molar-refractivity contribution in [3.05, 3.63) is 65.0 Å². The van der Waals surface area contributed by atoms with Crippen LogP contribution in [0.15, 0.2) is 59.4 Å². The molecule has 0 bridgehead atoms. The van der Waals surface area contributed by atoms with Gasteiger partial charge in [0.15, 0.2) is 6.29 Å². The van der Waals surface area contributed by atoms with Gasteiger partial charge in [-0.15, -0.1) is 0 Å². The van der Waals surface area contributed by atoms with E-state index in [2.05, 4.69) is 4.98 Å². The summed E-state index contributed by atoms with van der Waals surface area (Å²) < 4.78 is 12.2. The van der Waals surface area contributed by atoms with Crippen molar-refractivity contribution in [2.24, 2.45) is 0 Å². The Kier molecular flexibility index (Phi) is 4.75. The summed E-state index contributed by atoms with van der Waals surface area (Å²) in [6.07, 6.45) is -4.04. The number of aromatic nitrogens is 2. The number of fused-ring (bicyclic) bond motifs is 1. The molecule has 7 nitrogen and oxygen atoms in total. The van der Waals surface area contributed by atoms with E-state index in [4.69, 9.17) is 9.47 Å². The average Bonchev–Trinajstić information content (AvgIpc) is 2.98. The predicted octanol–water partition coefficient (Wildman–Crippen LogP) is 1.16. The molecular weight excluding hydrogens is 348 g/mol. The highest BCUT2D eigenvalue weighted by molar-refractivity contribution is 5.77. The van der Waals surface area contributed by atoms with Gasteiger partial charge in [0, 0.05) is 12.7 Å². The molecule has 1 aliphatic heterocycles. The monoisotopic (exact) mass is 368 g/mol. The number of aliphatic hydroxyl groups excluding tert-OH is 2. The Hall–Kier alpha value is -2.58. The van der Waals surface area contributed by atoms with Gasteiger partial charge >= 0.3 is 0 Å². The summed E-state index contributed by atoms with van der Waals surface area (Å²) in [4.78, 5) is 17.7. The number of ether oxygens (including phenoxy) is 2. The van der Waals surface area contributed by atoms with Gasteiger partial charge in [0.05, 0.1) is 17.6 Å². The quantitative estimate of drug-likeness (QED) is 0.718. The van der Waals surface area contributed by atoms with Crippen molar-refractivity contribution >= 4 is 11.0 Å². The molecule has 0 amide bonds. The van der Waals surface area contributed by atoms with Crippen LogP contribution < -0.4 is 5.56 Å². The van der Waals surface area contributed by atoms with Gasteiger partial charge in [-0.25, -0.2) is 4.98 Å². The van der Waals surface area contributed by atoms with Gasteiger partial charge in [-0.1, -0.05) is 42.5 Å². The lowest BCUT2D eigenvalue weighted by atomic mass is 10.1. The first kappa shape index (κ1) is 17.8. The fraction of sp³-hybridized carbons (Fsp3) is 0.300. The van der Waals surface area contributed by atoms with Gasteiger partial charge in [-0.3, -0.25) is 4.79 Å². The summed E-state index contributed by atoms with van der Waals surface area (Å²) in [5.74, 6) is 0. The highest BCUT2D eigenvalue weighted by Gasteiger charge is 2.43. The second kappa shape index (κ2) is 7.21. The van der Waals surface area contributed by atoms with Crippen molar-refractivity contribution in [2.75, 3.05) is 7.11 Å². The largest absolute Gasteiger partial charge is 0.387 e. The lowest BCUT2D eigenvalue weighted by Crippen LogP contribution is -2.37. The molecule has 0 aliphatic carbocycles. The number of nitrogens with zero attached hydrogens (tertiary/aromatic N) is 2. The van der Waals surface area contributed by atoms with Crippen LogP contribution in [-0.4, -0.2) is 51.5 Å². The molecule has 140 valence electrons. The highest BCUT2D eigenvalue weighted by Crippen LogP contribution is 2.24. The zero-order chi connectivity index (χ0) is 19.0. The normalized spacial score (nSPS) is 25.1. The van der Waals surface area contributed by atoms with Crippen LogP contribution in [0, 0.1) is 0 Å². The van der Waals surface area contributed by atoms with Crippen LogP contribution in [0.25, 0.3) is 22.3 Å². The maximum Gasteiger partial charge on any atom is 0.277 e. The first-order chi connectivity index (χ1) is 13.1. The van der Waals surface area contributed by atoms with Gasteiger partial charge < -0.3 is 24.3 Å².